The molecule has 0 heterocycles. The third-order valence-electron chi connectivity index (χ3n) is 3.11. The fourth-order valence-electron chi connectivity index (χ4n) is 2.05. The smallest absolute Gasteiger partial charge is 0.312 e. The van der Waals surface area contributed by atoms with E-state index in [9.17, 15) is 14.7 Å². The molecule has 0 aliphatic carbocycles. The summed E-state index contributed by atoms with van der Waals surface area (Å²) >= 11 is 0. The monoisotopic (exact) mass is 295 g/mol. The maximum atomic E-state index is 12.2. The Morgan fingerprint density at radius 1 is 1.10 bits per heavy atom. The third-order valence-corrected chi connectivity index (χ3v) is 4.95. The van der Waals surface area contributed by atoms with E-state index >= 15 is 0 Å². The van der Waals surface area contributed by atoms with Crippen molar-refractivity contribution in [3.8, 4) is 0 Å². The van der Waals surface area contributed by atoms with Crippen LogP contribution in [0.1, 0.15) is 5.56 Å². The highest BCUT2D eigenvalue weighted by molar-refractivity contribution is 7.53. The quantitative estimate of drug-likeness (QED) is 0.477. The van der Waals surface area contributed by atoms with Gasteiger partial charge in [0.2, 0.25) is 0 Å². The maximum Gasteiger partial charge on any atom is 0.334 e. The Balaban J connectivity index is 2.59. The molecule has 0 spiro atoms. The van der Waals surface area contributed by atoms with Gasteiger partial charge in [0.15, 0.2) is 0 Å². The first-order valence-corrected chi connectivity index (χ1v) is 7.59. The van der Waals surface area contributed by atoms with E-state index in [0.717, 1.165) is 0 Å². The summed E-state index contributed by atoms with van der Waals surface area (Å²) in [6.07, 6.45) is 0.0680. The Morgan fingerprint density at radius 3 is 2.25 bits per heavy atom. The predicted molar refractivity (Wildman–Crippen MR) is 75.9 cm³/mol. The van der Waals surface area contributed by atoms with Gasteiger partial charge in [-0.2, -0.15) is 0 Å². The summed E-state index contributed by atoms with van der Waals surface area (Å²) in [7, 11) is -0.581. The minimum Gasteiger partial charge on any atom is -0.312 e. The molecule has 2 aromatic carbocycles. The van der Waals surface area contributed by atoms with Crippen molar-refractivity contribution in [1.29, 1.82) is 0 Å². The first kappa shape index (κ1) is 14.7. The van der Waals surface area contributed by atoms with Gasteiger partial charge in [0.25, 0.3) is 5.69 Å². The zero-order chi connectivity index (χ0) is 14.8. The molecule has 20 heavy (non-hydrogen) atoms. The van der Waals surface area contributed by atoms with E-state index in [1.54, 1.807) is 30.3 Å². The van der Waals surface area contributed by atoms with Crippen LogP contribution in [0.4, 0.5) is 5.69 Å². The van der Waals surface area contributed by atoms with Gasteiger partial charge in [-0.05, 0) is 17.0 Å². The van der Waals surface area contributed by atoms with Gasteiger partial charge in [-0.25, -0.2) is 0 Å². The number of nitro groups is 1. The maximum absolute atomic E-state index is 12.2. The van der Waals surface area contributed by atoms with Crippen LogP contribution in [0.5, 0.6) is 0 Å². The number of nitrogens with zero attached hydrogens (tertiary/aromatic N) is 1. The number of fused-ring (bicyclic) bond motifs is 1. The van der Waals surface area contributed by atoms with Crippen molar-refractivity contribution in [2.45, 2.75) is 6.16 Å². The van der Waals surface area contributed by atoms with Crippen LogP contribution in [-0.4, -0.2) is 19.1 Å². The highest BCUT2D eigenvalue weighted by atomic mass is 31.2. The van der Waals surface area contributed by atoms with E-state index in [0.29, 0.717) is 16.3 Å². The fraction of sp³-hybridized carbons (Fsp3) is 0.231. The summed E-state index contributed by atoms with van der Waals surface area (Å²) in [5, 5.41) is 12.2. The highest BCUT2D eigenvalue weighted by Gasteiger charge is 2.24. The Kier molecular flexibility index (Phi) is 4.18. The molecule has 2 aromatic rings. The molecule has 0 saturated carbocycles. The molecular weight excluding hydrogens is 281 g/mol. The number of non-ortho nitro benzene ring substituents is 1. The lowest BCUT2D eigenvalue weighted by molar-refractivity contribution is -0.383. The van der Waals surface area contributed by atoms with Gasteiger partial charge >= 0.3 is 7.60 Å². The van der Waals surface area contributed by atoms with E-state index in [2.05, 4.69) is 0 Å². The second-order valence-corrected chi connectivity index (χ2v) is 6.45. The summed E-state index contributed by atoms with van der Waals surface area (Å²) < 4.78 is 22.0. The van der Waals surface area contributed by atoms with Crippen molar-refractivity contribution in [2.75, 3.05) is 14.2 Å². The molecule has 0 aliphatic heterocycles. The number of rotatable bonds is 5. The van der Waals surface area contributed by atoms with E-state index in [1.165, 1.54) is 20.3 Å². The lowest BCUT2D eigenvalue weighted by atomic mass is 10.0. The summed E-state index contributed by atoms with van der Waals surface area (Å²) in [6, 6.07) is 9.93. The zero-order valence-electron chi connectivity index (χ0n) is 11.1. The lowest BCUT2D eigenvalue weighted by Crippen LogP contribution is -1.96. The van der Waals surface area contributed by atoms with Gasteiger partial charge in [-0.3, -0.25) is 14.7 Å². The SMILES string of the molecule is COP(=O)(Cc1ccc([N+](=O)[O-])c2ccccc12)OC. The van der Waals surface area contributed by atoms with Gasteiger partial charge in [0, 0.05) is 20.3 Å². The molecule has 106 valence electrons. The van der Waals surface area contributed by atoms with Crippen molar-refractivity contribution in [2.24, 2.45) is 0 Å². The Hall–Kier alpha value is -1.75. The van der Waals surface area contributed by atoms with Gasteiger partial charge < -0.3 is 9.05 Å². The van der Waals surface area contributed by atoms with Gasteiger partial charge in [0.1, 0.15) is 0 Å². The minimum atomic E-state index is -3.22. The number of hydrogen-bond acceptors (Lipinski definition) is 5. The van der Waals surface area contributed by atoms with Crippen molar-refractivity contribution >= 4 is 24.1 Å². The van der Waals surface area contributed by atoms with Crippen LogP contribution in [-0.2, 0) is 19.8 Å². The summed E-state index contributed by atoms with van der Waals surface area (Å²) in [4.78, 5) is 10.6. The third kappa shape index (κ3) is 2.72. The Labute approximate surface area is 116 Å². The van der Waals surface area contributed by atoms with Crippen LogP contribution >= 0.6 is 7.60 Å². The summed E-state index contributed by atoms with van der Waals surface area (Å²) in [5.74, 6) is 0. The highest BCUT2D eigenvalue weighted by Crippen LogP contribution is 2.50. The standard InChI is InChI=1S/C13H14NO5P/c1-18-20(17,19-2)9-10-7-8-13(14(15)16)12-6-4-3-5-11(10)12/h3-8H,9H2,1-2H3. The van der Waals surface area contributed by atoms with Gasteiger partial charge in [-0.15, -0.1) is 0 Å². The van der Waals surface area contributed by atoms with Crippen molar-refractivity contribution in [3.05, 3.63) is 52.1 Å². The number of nitro benzene ring substituents is 1. The van der Waals surface area contributed by atoms with Crippen molar-refractivity contribution < 1.29 is 18.5 Å². The zero-order valence-corrected chi connectivity index (χ0v) is 12.0. The van der Waals surface area contributed by atoms with Gasteiger partial charge in [0.05, 0.1) is 16.5 Å². The van der Waals surface area contributed by atoms with Crippen LogP contribution in [0.25, 0.3) is 10.8 Å². The normalized spacial score (nSPS) is 11.7. The van der Waals surface area contributed by atoms with Crippen LogP contribution in [0.15, 0.2) is 36.4 Å². The largest absolute Gasteiger partial charge is 0.334 e. The molecule has 0 radical (unpaired) electrons. The van der Waals surface area contributed by atoms with E-state index in [4.69, 9.17) is 9.05 Å². The Morgan fingerprint density at radius 2 is 1.70 bits per heavy atom. The molecule has 0 amide bonds. The molecule has 0 aromatic heterocycles. The first-order valence-electron chi connectivity index (χ1n) is 5.86. The molecule has 0 fully saturated rings. The molecule has 2 rings (SSSR count). The van der Waals surface area contributed by atoms with Crippen LogP contribution in [0.3, 0.4) is 0 Å². The minimum absolute atomic E-state index is 0.0222. The summed E-state index contributed by atoms with van der Waals surface area (Å²) in [5.41, 5.74) is 0.715. The summed E-state index contributed by atoms with van der Waals surface area (Å²) in [6.45, 7) is 0. The average Bonchev–Trinajstić information content (AvgIpc) is 2.47. The van der Waals surface area contributed by atoms with Crippen LogP contribution in [0.2, 0.25) is 0 Å². The second kappa shape index (κ2) is 5.71. The topological polar surface area (TPSA) is 78.7 Å². The Bertz CT molecular complexity index is 692. The molecule has 0 unspecified atom stereocenters. The fourth-order valence-corrected chi connectivity index (χ4v) is 3.16. The first-order chi connectivity index (χ1) is 9.50. The van der Waals surface area contributed by atoms with E-state index in [1.807, 2.05) is 0 Å². The lowest BCUT2D eigenvalue weighted by Gasteiger charge is -2.14. The van der Waals surface area contributed by atoms with E-state index in [-0.39, 0.29) is 11.8 Å². The molecule has 0 saturated heterocycles. The molecule has 6 nitrogen and oxygen atoms in total. The second-order valence-electron chi connectivity index (χ2n) is 4.18. The van der Waals surface area contributed by atoms with Crippen LogP contribution in [0, 0.1) is 10.1 Å². The van der Waals surface area contributed by atoms with Crippen molar-refractivity contribution in [3.63, 3.8) is 0 Å². The predicted octanol–water partition coefficient (Wildman–Crippen LogP) is 3.73. The molecule has 0 atom stereocenters. The van der Waals surface area contributed by atoms with E-state index < -0.39 is 12.5 Å². The number of hydrogen-bond donors (Lipinski definition) is 0. The molecule has 0 aliphatic rings. The van der Waals surface area contributed by atoms with Gasteiger partial charge in [-0.1, -0.05) is 24.3 Å². The van der Waals surface area contributed by atoms with Crippen molar-refractivity contribution in [1.82, 2.24) is 0 Å². The molecular formula is C13H14NO5P. The molecule has 0 N–H and O–H groups in total. The molecule has 0 bridgehead atoms. The number of benzene rings is 2. The average molecular weight is 295 g/mol. The molecule has 7 heteroatoms. The van der Waals surface area contributed by atoms with Crippen LogP contribution < -0.4 is 0 Å².